The number of hydrogen-bond donors (Lipinski definition) is 0. The highest BCUT2D eigenvalue weighted by Crippen LogP contribution is 2.43. The van der Waals surface area contributed by atoms with Gasteiger partial charge in [-0.2, -0.15) is 0 Å². The lowest BCUT2D eigenvalue weighted by Gasteiger charge is -2.24. The number of rotatable bonds is 2. The second-order valence-electron chi connectivity index (χ2n) is 6.21. The summed E-state index contributed by atoms with van der Waals surface area (Å²) in [6, 6.07) is 8.97. The molecule has 1 aliphatic carbocycles. The van der Waals surface area contributed by atoms with Crippen LogP contribution in [0.25, 0.3) is 5.57 Å². The molecule has 0 amide bonds. The number of fused-ring (bicyclic) bond motifs is 1. The van der Waals surface area contributed by atoms with Crippen LogP contribution in [0.1, 0.15) is 30.5 Å². The molecule has 1 aromatic carbocycles. The molecule has 0 aromatic heterocycles. The third-order valence-corrected chi connectivity index (χ3v) is 5.85. The molecule has 0 saturated carbocycles. The summed E-state index contributed by atoms with van der Waals surface area (Å²) in [5.41, 5.74) is 5.35. The van der Waals surface area contributed by atoms with Gasteiger partial charge in [-0.3, -0.25) is 0 Å². The van der Waals surface area contributed by atoms with Crippen LogP contribution in [0.15, 0.2) is 30.3 Å². The van der Waals surface area contributed by atoms with E-state index in [0.29, 0.717) is 11.5 Å². The second-order valence-corrected chi connectivity index (χ2v) is 11.6. The minimum absolute atomic E-state index is 0.641. The van der Waals surface area contributed by atoms with Gasteiger partial charge in [0.2, 0.25) is 0 Å². The van der Waals surface area contributed by atoms with E-state index in [2.05, 4.69) is 63.8 Å². The van der Waals surface area contributed by atoms with Crippen molar-refractivity contribution in [2.24, 2.45) is 5.92 Å². The molecule has 0 aliphatic heterocycles. The molecule has 1 atom stereocenters. The van der Waals surface area contributed by atoms with Crippen LogP contribution in [0, 0.1) is 5.92 Å². The lowest BCUT2D eigenvalue weighted by molar-refractivity contribution is 0.857. The van der Waals surface area contributed by atoms with Crippen molar-refractivity contribution in [3.63, 3.8) is 0 Å². The van der Waals surface area contributed by atoms with Crippen molar-refractivity contribution in [3.05, 3.63) is 41.5 Å². The molecule has 0 radical (unpaired) electrons. The molecule has 0 fully saturated rings. The molecule has 2 rings (SSSR count). The maximum Gasteiger partial charge on any atom is 0.0566 e. The fourth-order valence-corrected chi connectivity index (χ4v) is 4.47. The van der Waals surface area contributed by atoms with E-state index in [0.717, 1.165) is 0 Å². The fraction of sp³-hybridized carbons (Fsp3) is 0.467. The van der Waals surface area contributed by atoms with Crippen LogP contribution in [0.4, 0.5) is 0 Å². The fourth-order valence-electron chi connectivity index (χ4n) is 2.61. The SMILES string of the molecule is CC(C)C1=CC([Si](C)(C)C)c2ccccc21. The summed E-state index contributed by atoms with van der Waals surface area (Å²) in [7, 11) is -1.14. The third-order valence-electron chi connectivity index (χ3n) is 3.51. The van der Waals surface area contributed by atoms with Crippen LogP contribution in [-0.2, 0) is 0 Å². The summed E-state index contributed by atoms with van der Waals surface area (Å²) < 4.78 is 0. The Morgan fingerprint density at radius 3 is 2.25 bits per heavy atom. The highest BCUT2D eigenvalue weighted by atomic mass is 28.3. The zero-order valence-corrected chi connectivity index (χ0v) is 12.0. The van der Waals surface area contributed by atoms with E-state index in [4.69, 9.17) is 0 Å². The van der Waals surface area contributed by atoms with Gasteiger partial charge >= 0.3 is 0 Å². The van der Waals surface area contributed by atoms with Crippen LogP contribution < -0.4 is 0 Å². The zero-order valence-electron chi connectivity index (χ0n) is 11.0. The molecule has 0 bridgehead atoms. The largest absolute Gasteiger partial charge is 0.0756 e. The monoisotopic (exact) mass is 230 g/mol. The van der Waals surface area contributed by atoms with E-state index in [1.165, 1.54) is 5.56 Å². The predicted octanol–water partition coefficient (Wildman–Crippen LogP) is 4.70. The van der Waals surface area contributed by atoms with Crippen LogP contribution in [0.3, 0.4) is 0 Å². The molecule has 0 spiro atoms. The Bertz CT molecular complexity index is 421. The normalized spacial score (nSPS) is 19.9. The summed E-state index contributed by atoms with van der Waals surface area (Å²) >= 11 is 0. The Kier molecular flexibility index (Phi) is 2.83. The van der Waals surface area contributed by atoms with Crippen LogP contribution >= 0.6 is 0 Å². The first-order valence-corrected chi connectivity index (χ1v) is 9.80. The van der Waals surface area contributed by atoms with E-state index in [-0.39, 0.29) is 0 Å². The average molecular weight is 230 g/mol. The minimum Gasteiger partial charge on any atom is -0.0756 e. The molecule has 0 nitrogen and oxygen atoms in total. The topological polar surface area (TPSA) is 0 Å². The molecule has 1 aromatic rings. The molecule has 0 N–H and O–H groups in total. The number of benzene rings is 1. The van der Waals surface area contributed by atoms with E-state index in [9.17, 15) is 0 Å². The van der Waals surface area contributed by atoms with Gasteiger partial charge in [0.05, 0.1) is 8.07 Å². The Morgan fingerprint density at radius 2 is 1.69 bits per heavy atom. The summed E-state index contributed by atoms with van der Waals surface area (Å²) in [4.78, 5) is 0. The first kappa shape index (κ1) is 11.7. The van der Waals surface area contributed by atoms with Crippen molar-refractivity contribution in [1.82, 2.24) is 0 Å². The molecule has 0 saturated heterocycles. The van der Waals surface area contributed by atoms with E-state index >= 15 is 0 Å². The van der Waals surface area contributed by atoms with Gasteiger partial charge in [-0.05, 0) is 28.2 Å². The Labute approximate surface area is 100 Å². The van der Waals surface area contributed by atoms with Crippen LogP contribution in [-0.4, -0.2) is 8.07 Å². The quantitative estimate of drug-likeness (QED) is 0.646. The summed E-state index contributed by atoms with van der Waals surface area (Å²) in [6.07, 6.45) is 2.54. The van der Waals surface area contributed by atoms with Gasteiger partial charge in [-0.25, -0.2) is 0 Å². The van der Waals surface area contributed by atoms with Gasteiger partial charge in [0.15, 0.2) is 0 Å². The minimum atomic E-state index is -1.14. The lowest BCUT2D eigenvalue weighted by Crippen LogP contribution is -2.28. The molecule has 1 heteroatoms. The Hall–Kier alpha value is -0.823. The van der Waals surface area contributed by atoms with Crippen molar-refractivity contribution in [2.45, 2.75) is 39.0 Å². The van der Waals surface area contributed by atoms with Crippen LogP contribution in [0.5, 0.6) is 0 Å². The van der Waals surface area contributed by atoms with Gasteiger partial charge in [0.1, 0.15) is 0 Å². The van der Waals surface area contributed by atoms with E-state index in [1.807, 2.05) is 0 Å². The van der Waals surface area contributed by atoms with Crippen LogP contribution in [0.2, 0.25) is 19.6 Å². The molecular weight excluding hydrogens is 208 g/mol. The van der Waals surface area contributed by atoms with Gasteiger partial charge in [0.25, 0.3) is 0 Å². The van der Waals surface area contributed by atoms with Crippen molar-refractivity contribution in [1.29, 1.82) is 0 Å². The maximum atomic E-state index is 2.54. The Morgan fingerprint density at radius 1 is 1.06 bits per heavy atom. The first-order chi connectivity index (χ1) is 7.41. The van der Waals surface area contributed by atoms with Crippen molar-refractivity contribution >= 4 is 13.6 Å². The van der Waals surface area contributed by atoms with Crippen molar-refractivity contribution in [3.8, 4) is 0 Å². The average Bonchev–Trinajstić information content (AvgIpc) is 2.56. The molecular formula is C15H22Si. The van der Waals surface area contributed by atoms with Gasteiger partial charge in [-0.15, -0.1) is 0 Å². The summed E-state index contributed by atoms with van der Waals surface area (Å²) in [5, 5.41) is 0. The molecule has 0 heterocycles. The van der Waals surface area contributed by atoms with Gasteiger partial charge in [-0.1, -0.05) is 63.8 Å². The molecule has 16 heavy (non-hydrogen) atoms. The number of allylic oxidation sites excluding steroid dienone is 2. The van der Waals surface area contributed by atoms with Crippen molar-refractivity contribution < 1.29 is 0 Å². The van der Waals surface area contributed by atoms with Gasteiger partial charge in [0, 0.05) is 0 Å². The van der Waals surface area contributed by atoms with E-state index < -0.39 is 8.07 Å². The number of hydrogen-bond acceptors (Lipinski definition) is 0. The smallest absolute Gasteiger partial charge is 0.0566 e. The molecule has 1 aliphatic rings. The zero-order chi connectivity index (χ0) is 11.9. The third kappa shape index (κ3) is 1.89. The van der Waals surface area contributed by atoms with E-state index in [1.54, 1.807) is 11.1 Å². The molecule has 86 valence electrons. The molecule has 1 unspecified atom stereocenters. The van der Waals surface area contributed by atoms with Gasteiger partial charge < -0.3 is 0 Å². The lowest BCUT2D eigenvalue weighted by atomic mass is 9.97. The first-order valence-electron chi connectivity index (χ1n) is 6.22. The highest BCUT2D eigenvalue weighted by molar-refractivity contribution is 6.78. The summed E-state index contributed by atoms with van der Waals surface area (Å²) in [5.74, 6) is 0.641. The Balaban J connectivity index is 2.53. The predicted molar refractivity (Wildman–Crippen MR) is 75.3 cm³/mol. The van der Waals surface area contributed by atoms with Crippen molar-refractivity contribution in [2.75, 3.05) is 0 Å². The summed E-state index contributed by atoms with van der Waals surface area (Å²) in [6.45, 7) is 12.0. The maximum absolute atomic E-state index is 2.54. The highest BCUT2D eigenvalue weighted by Gasteiger charge is 2.33. The standard InChI is InChI=1S/C15H22Si/c1-11(2)14-10-15(16(3,4)5)13-9-7-6-8-12(13)14/h6-11,15H,1-5H3. The second kappa shape index (κ2) is 3.88.